The van der Waals surface area contributed by atoms with Crippen molar-refractivity contribution in [2.24, 2.45) is 0 Å². The molecule has 0 bridgehead atoms. The second-order valence-electron chi connectivity index (χ2n) is 3.69. The largest absolute Gasteiger partial charge is 0.493 e. The Bertz CT molecular complexity index is 578. The molecule has 0 saturated carbocycles. The zero-order valence-electron chi connectivity index (χ0n) is 9.71. The molecule has 0 aliphatic carbocycles. The maximum Gasteiger partial charge on any atom is 0.303 e. The summed E-state index contributed by atoms with van der Waals surface area (Å²) in [4.78, 5) is 19.0. The van der Waals surface area contributed by atoms with Gasteiger partial charge < -0.3 is 9.84 Å². The summed E-state index contributed by atoms with van der Waals surface area (Å²) in [5.41, 5.74) is 0.633. The van der Waals surface area contributed by atoms with Gasteiger partial charge in [-0.05, 0) is 13.8 Å². The molecule has 0 aromatic carbocycles. The fraction of sp³-hybridized carbons (Fsp3) is 0.400. The fourth-order valence-corrected chi connectivity index (χ4v) is 1.46. The van der Waals surface area contributed by atoms with E-state index in [1.54, 1.807) is 13.8 Å². The Kier molecular flexibility index (Phi) is 2.66. The monoisotopic (exact) mass is 236 g/mol. The highest BCUT2D eigenvalue weighted by atomic mass is 16.5. The molecule has 1 atom stereocenters. The number of ether oxygens (including phenoxy) is 1. The molecule has 0 aliphatic rings. The van der Waals surface area contributed by atoms with Crippen molar-refractivity contribution in [1.82, 2.24) is 19.6 Å². The van der Waals surface area contributed by atoms with Gasteiger partial charge in [-0.2, -0.15) is 9.50 Å². The third-order valence-corrected chi connectivity index (χ3v) is 2.14. The zero-order chi connectivity index (χ0) is 12.6. The van der Waals surface area contributed by atoms with Crippen LogP contribution in [-0.2, 0) is 9.53 Å². The summed E-state index contributed by atoms with van der Waals surface area (Å²) in [6, 6.07) is 1.47. The van der Waals surface area contributed by atoms with Crippen molar-refractivity contribution in [3.8, 4) is 5.88 Å². The van der Waals surface area contributed by atoms with E-state index in [9.17, 15) is 9.90 Å². The average molecular weight is 236 g/mol. The number of esters is 1. The molecule has 90 valence electrons. The van der Waals surface area contributed by atoms with Crippen LogP contribution in [0, 0.1) is 6.92 Å². The quantitative estimate of drug-likeness (QED) is 0.774. The van der Waals surface area contributed by atoms with Gasteiger partial charge in [-0.3, -0.25) is 4.79 Å². The molecule has 0 aliphatic heterocycles. The summed E-state index contributed by atoms with van der Waals surface area (Å²) in [6.45, 7) is 4.70. The van der Waals surface area contributed by atoms with Crippen molar-refractivity contribution in [1.29, 1.82) is 0 Å². The third-order valence-electron chi connectivity index (χ3n) is 2.14. The van der Waals surface area contributed by atoms with Gasteiger partial charge in [0.15, 0.2) is 11.9 Å². The van der Waals surface area contributed by atoms with Crippen LogP contribution < -0.4 is 0 Å². The lowest BCUT2D eigenvalue weighted by molar-refractivity contribution is -0.146. The van der Waals surface area contributed by atoms with Gasteiger partial charge in [0, 0.05) is 18.7 Å². The summed E-state index contributed by atoms with van der Waals surface area (Å²) in [5, 5.41) is 13.7. The molecule has 2 aromatic rings. The van der Waals surface area contributed by atoms with Gasteiger partial charge in [0.1, 0.15) is 0 Å². The first-order valence-electron chi connectivity index (χ1n) is 5.08. The lowest BCUT2D eigenvalue weighted by Gasteiger charge is -2.06. The topological polar surface area (TPSA) is 89.6 Å². The van der Waals surface area contributed by atoms with Gasteiger partial charge in [-0.1, -0.05) is 0 Å². The lowest BCUT2D eigenvalue weighted by Crippen LogP contribution is -2.06. The molecule has 17 heavy (non-hydrogen) atoms. The van der Waals surface area contributed by atoms with Crippen molar-refractivity contribution in [3.63, 3.8) is 0 Å². The van der Waals surface area contributed by atoms with Crippen molar-refractivity contribution in [2.45, 2.75) is 26.9 Å². The average Bonchev–Trinajstić information content (AvgIpc) is 2.60. The zero-order valence-corrected chi connectivity index (χ0v) is 9.71. The van der Waals surface area contributed by atoms with Crippen LogP contribution in [0.15, 0.2) is 6.07 Å². The molecule has 1 unspecified atom stereocenters. The first-order chi connectivity index (χ1) is 7.97. The number of hydrogen-bond donors (Lipinski definition) is 1. The predicted molar refractivity (Wildman–Crippen MR) is 57.4 cm³/mol. The van der Waals surface area contributed by atoms with Crippen LogP contribution in [-0.4, -0.2) is 30.7 Å². The SMILES string of the molecule is CC(=O)OC(C)c1nc2nc(C)cc(O)n2n1. The van der Waals surface area contributed by atoms with Crippen LogP contribution >= 0.6 is 0 Å². The predicted octanol–water partition coefficient (Wildman–Crippen LogP) is 0.762. The molecule has 0 fully saturated rings. The first kappa shape index (κ1) is 11.3. The van der Waals surface area contributed by atoms with Crippen LogP contribution in [0.25, 0.3) is 5.78 Å². The molecule has 7 nitrogen and oxygen atoms in total. The van der Waals surface area contributed by atoms with E-state index in [-0.39, 0.29) is 11.7 Å². The summed E-state index contributed by atoms with van der Waals surface area (Å²) in [7, 11) is 0. The molecule has 2 rings (SSSR count). The summed E-state index contributed by atoms with van der Waals surface area (Å²) >= 11 is 0. The second kappa shape index (κ2) is 4.00. The van der Waals surface area contributed by atoms with Gasteiger partial charge in [0.2, 0.25) is 5.88 Å². The smallest absolute Gasteiger partial charge is 0.303 e. The number of hydrogen-bond acceptors (Lipinski definition) is 6. The molecule has 7 heteroatoms. The van der Waals surface area contributed by atoms with Crippen molar-refractivity contribution >= 4 is 11.7 Å². The number of aromatic hydroxyl groups is 1. The molecule has 2 heterocycles. The Hall–Kier alpha value is -2.18. The summed E-state index contributed by atoms with van der Waals surface area (Å²) in [5.74, 6) is 0.107. The number of fused-ring (bicyclic) bond motifs is 1. The minimum absolute atomic E-state index is 0.0544. The van der Waals surface area contributed by atoms with E-state index >= 15 is 0 Å². The van der Waals surface area contributed by atoms with Gasteiger partial charge in [0.05, 0.1) is 0 Å². The first-order valence-corrected chi connectivity index (χ1v) is 5.08. The minimum Gasteiger partial charge on any atom is -0.493 e. The highest BCUT2D eigenvalue weighted by molar-refractivity contribution is 5.66. The number of aromatic nitrogens is 4. The molecular weight excluding hydrogens is 224 g/mol. The second-order valence-corrected chi connectivity index (χ2v) is 3.69. The van der Waals surface area contributed by atoms with E-state index in [2.05, 4.69) is 15.1 Å². The number of carbonyl (C=O) groups is 1. The highest BCUT2D eigenvalue weighted by Gasteiger charge is 2.16. The number of carbonyl (C=O) groups excluding carboxylic acids is 1. The Morgan fingerprint density at radius 3 is 2.88 bits per heavy atom. The van der Waals surface area contributed by atoms with E-state index in [1.165, 1.54) is 17.5 Å². The highest BCUT2D eigenvalue weighted by Crippen LogP contribution is 2.17. The maximum absolute atomic E-state index is 10.8. The van der Waals surface area contributed by atoms with E-state index in [4.69, 9.17) is 4.74 Å². The molecule has 0 saturated heterocycles. The fourth-order valence-electron chi connectivity index (χ4n) is 1.46. The van der Waals surface area contributed by atoms with E-state index in [1.807, 2.05) is 0 Å². The number of nitrogens with zero attached hydrogens (tertiary/aromatic N) is 4. The van der Waals surface area contributed by atoms with Crippen LogP contribution in [0.5, 0.6) is 5.88 Å². The lowest BCUT2D eigenvalue weighted by atomic mass is 10.4. The van der Waals surface area contributed by atoms with Gasteiger partial charge in [-0.15, -0.1) is 5.10 Å². The Labute approximate surface area is 97.1 Å². The Morgan fingerprint density at radius 2 is 2.24 bits per heavy atom. The van der Waals surface area contributed by atoms with Gasteiger partial charge in [-0.25, -0.2) is 4.98 Å². The third kappa shape index (κ3) is 2.17. The van der Waals surface area contributed by atoms with Crippen molar-refractivity contribution < 1.29 is 14.6 Å². The number of aryl methyl sites for hydroxylation is 1. The Morgan fingerprint density at radius 1 is 1.53 bits per heavy atom. The van der Waals surface area contributed by atoms with Gasteiger partial charge >= 0.3 is 5.97 Å². The van der Waals surface area contributed by atoms with Crippen LogP contribution in [0.3, 0.4) is 0 Å². The molecular formula is C10H12N4O3. The molecule has 0 spiro atoms. The minimum atomic E-state index is -0.575. The van der Waals surface area contributed by atoms with E-state index in [0.29, 0.717) is 11.5 Å². The summed E-state index contributed by atoms with van der Waals surface area (Å²) in [6.07, 6.45) is -0.575. The van der Waals surface area contributed by atoms with Crippen molar-refractivity contribution in [3.05, 3.63) is 17.6 Å². The van der Waals surface area contributed by atoms with E-state index in [0.717, 1.165) is 0 Å². The standard InChI is InChI=1S/C10H12N4O3/c1-5-4-8(16)14-10(11-5)12-9(13-14)6(2)17-7(3)15/h4,6,16H,1-3H3. The van der Waals surface area contributed by atoms with Crippen molar-refractivity contribution in [2.75, 3.05) is 0 Å². The Balaban J connectivity index is 2.44. The van der Waals surface area contributed by atoms with Crippen LogP contribution in [0.1, 0.15) is 31.5 Å². The maximum atomic E-state index is 10.8. The molecule has 2 aromatic heterocycles. The molecule has 0 radical (unpaired) electrons. The molecule has 1 N–H and O–H groups in total. The van der Waals surface area contributed by atoms with Crippen LogP contribution in [0.2, 0.25) is 0 Å². The van der Waals surface area contributed by atoms with Gasteiger partial charge in [0.25, 0.3) is 5.78 Å². The van der Waals surface area contributed by atoms with Crippen LogP contribution in [0.4, 0.5) is 0 Å². The summed E-state index contributed by atoms with van der Waals surface area (Å²) < 4.78 is 6.15. The van der Waals surface area contributed by atoms with E-state index < -0.39 is 12.1 Å². The normalized spacial score (nSPS) is 12.6. The number of rotatable bonds is 2. The molecule has 0 amide bonds.